The van der Waals surface area contributed by atoms with Crippen molar-refractivity contribution < 1.29 is 0 Å². The molecule has 16 heavy (non-hydrogen) atoms. The largest absolute Gasteiger partial charge is 0.315 e. The number of likely N-dealkylation sites (N-methyl/N-ethyl adjacent to an activating group) is 1. The summed E-state index contributed by atoms with van der Waals surface area (Å²) < 4.78 is 0. The number of nitrogens with one attached hydrogen (secondary N) is 1. The SMILES string of the molecule is CCN(C1CCNC1)C1CCCC(C)C1C. The zero-order chi connectivity index (χ0) is 11.5. The van der Waals surface area contributed by atoms with Gasteiger partial charge in [-0.3, -0.25) is 4.90 Å². The van der Waals surface area contributed by atoms with Crippen LogP contribution in [-0.2, 0) is 0 Å². The molecule has 2 heteroatoms. The van der Waals surface area contributed by atoms with Gasteiger partial charge < -0.3 is 5.32 Å². The van der Waals surface area contributed by atoms with E-state index in [2.05, 4.69) is 31.0 Å². The lowest BCUT2D eigenvalue weighted by molar-refractivity contribution is 0.0565. The van der Waals surface area contributed by atoms with Crippen molar-refractivity contribution in [3.8, 4) is 0 Å². The Morgan fingerprint density at radius 1 is 1.19 bits per heavy atom. The third kappa shape index (κ3) is 2.43. The minimum absolute atomic E-state index is 0.808. The van der Waals surface area contributed by atoms with Crippen LogP contribution in [0.2, 0.25) is 0 Å². The van der Waals surface area contributed by atoms with Crippen LogP contribution in [0.3, 0.4) is 0 Å². The predicted molar refractivity (Wildman–Crippen MR) is 69.6 cm³/mol. The van der Waals surface area contributed by atoms with Gasteiger partial charge >= 0.3 is 0 Å². The number of rotatable bonds is 3. The fraction of sp³-hybridized carbons (Fsp3) is 1.00. The molecule has 1 saturated heterocycles. The van der Waals surface area contributed by atoms with Crippen molar-refractivity contribution in [3.63, 3.8) is 0 Å². The first kappa shape index (κ1) is 12.4. The molecular formula is C14H28N2. The van der Waals surface area contributed by atoms with Crippen LogP contribution in [0.5, 0.6) is 0 Å². The molecular weight excluding hydrogens is 196 g/mol. The first-order valence-electron chi connectivity index (χ1n) is 7.20. The van der Waals surface area contributed by atoms with Gasteiger partial charge in [-0.15, -0.1) is 0 Å². The van der Waals surface area contributed by atoms with Crippen LogP contribution in [-0.4, -0.2) is 36.6 Å². The van der Waals surface area contributed by atoms with E-state index in [1.165, 1.54) is 45.3 Å². The lowest BCUT2D eigenvalue weighted by Gasteiger charge is -2.44. The Morgan fingerprint density at radius 2 is 2.00 bits per heavy atom. The van der Waals surface area contributed by atoms with E-state index in [4.69, 9.17) is 0 Å². The van der Waals surface area contributed by atoms with Crippen molar-refractivity contribution in [2.45, 2.75) is 58.5 Å². The maximum absolute atomic E-state index is 3.51. The first-order chi connectivity index (χ1) is 7.74. The summed E-state index contributed by atoms with van der Waals surface area (Å²) in [6, 6.07) is 1.65. The lowest BCUT2D eigenvalue weighted by Crippen LogP contribution is -2.49. The van der Waals surface area contributed by atoms with E-state index in [0.29, 0.717) is 0 Å². The maximum Gasteiger partial charge on any atom is 0.0235 e. The van der Waals surface area contributed by atoms with Crippen molar-refractivity contribution >= 4 is 0 Å². The summed E-state index contributed by atoms with van der Waals surface area (Å²) in [5, 5.41) is 3.51. The van der Waals surface area contributed by atoms with Gasteiger partial charge in [0.2, 0.25) is 0 Å². The molecule has 1 aliphatic heterocycles. The molecule has 0 radical (unpaired) electrons. The van der Waals surface area contributed by atoms with Crippen LogP contribution in [0, 0.1) is 11.8 Å². The van der Waals surface area contributed by atoms with Gasteiger partial charge in [-0.05, 0) is 37.8 Å². The highest BCUT2D eigenvalue weighted by Gasteiger charge is 2.34. The van der Waals surface area contributed by atoms with E-state index < -0.39 is 0 Å². The molecule has 0 aromatic heterocycles. The van der Waals surface area contributed by atoms with Crippen LogP contribution >= 0.6 is 0 Å². The van der Waals surface area contributed by atoms with Crippen molar-refractivity contribution in [1.82, 2.24) is 10.2 Å². The average Bonchev–Trinajstić information content (AvgIpc) is 2.79. The van der Waals surface area contributed by atoms with E-state index in [0.717, 1.165) is 23.9 Å². The quantitative estimate of drug-likeness (QED) is 0.792. The molecule has 1 heterocycles. The predicted octanol–water partition coefficient (Wildman–Crippen LogP) is 2.49. The van der Waals surface area contributed by atoms with Crippen molar-refractivity contribution in [3.05, 3.63) is 0 Å². The van der Waals surface area contributed by atoms with Gasteiger partial charge in [0.15, 0.2) is 0 Å². The highest BCUT2D eigenvalue weighted by molar-refractivity contribution is 4.90. The Bertz CT molecular complexity index is 209. The Kier molecular flexibility index (Phi) is 4.26. The summed E-state index contributed by atoms with van der Waals surface area (Å²) in [6.45, 7) is 10.9. The molecule has 4 atom stereocenters. The topological polar surface area (TPSA) is 15.3 Å². The average molecular weight is 224 g/mol. The first-order valence-corrected chi connectivity index (χ1v) is 7.20. The summed E-state index contributed by atoms with van der Waals surface area (Å²) in [4.78, 5) is 2.79. The summed E-state index contributed by atoms with van der Waals surface area (Å²) >= 11 is 0. The Labute approximate surface area is 101 Å². The molecule has 0 bridgehead atoms. The second-order valence-corrected chi connectivity index (χ2v) is 5.81. The molecule has 2 nitrogen and oxygen atoms in total. The molecule has 1 N–H and O–H groups in total. The molecule has 2 rings (SSSR count). The third-order valence-corrected chi connectivity index (χ3v) is 4.96. The van der Waals surface area contributed by atoms with E-state index in [1.54, 1.807) is 0 Å². The third-order valence-electron chi connectivity index (χ3n) is 4.96. The molecule has 4 unspecified atom stereocenters. The van der Waals surface area contributed by atoms with Crippen LogP contribution in [0.25, 0.3) is 0 Å². The Morgan fingerprint density at radius 3 is 2.62 bits per heavy atom. The normalized spacial score (nSPS) is 40.5. The van der Waals surface area contributed by atoms with Gasteiger partial charge in [-0.1, -0.05) is 33.6 Å². The highest BCUT2D eigenvalue weighted by atomic mass is 15.2. The summed E-state index contributed by atoms with van der Waals surface area (Å²) in [6.07, 6.45) is 5.66. The van der Waals surface area contributed by atoms with E-state index in [-0.39, 0.29) is 0 Å². The molecule has 2 fully saturated rings. The Hall–Kier alpha value is -0.0800. The van der Waals surface area contributed by atoms with Gasteiger partial charge in [-0.25, -0.2) is 0 Å². The van der Waals surface area contributed by atoms with E-state index in [1.807, 2.05) is 0 Å². The summed E-state index contributed by atoms with van der Waals surface area (Å²) in [5.74, 6) is 1.80. The van der Waals surface area contributed by atoms with Gasteiger partial charge in [0, 0.05) is 18.6 Å². The molecule has 1 saturated carbocycles. The van der Waals surface area contributed by atoms with Crippen molar-refractivity contribution in [2.24, 2.45) is 11.8 Å². The van der Waals surface area contributed by atoms with E-state index >= 15 is 0 Å². The number of hydrogen-bond donors (Lipinski definition) is 1. The van der Waals surface area contributed by atoms with Crippen LogP contribution in [0.4, 0.5) is 0 Å². The Balaban J connectivity index is 2.01. The number of nitrogens with zero attached hydrogens (tertiary/aromatic N) is 1. The molecule has 0 aromatic rings. The van der Waals surface area contributed by atoms with Gasteiger partial charge in [0.1, 0.15) is 0 Å². The zero-order valence-electron chi connectivity index (χ0n) is 11.2. The molecule has 0 aromatic carbocycles. The molecule has 1 aliphatic carbocycles. The van der Waals surface area contributed by atoms with E-state index in [9.17, 15) is 0 Å². The van der Waals surface area contributed by atoms with Crippen LogP contribution in [0.15, 0.2) is 0 Å². The van der Waals surface area contributed by atoms with Crippen LogP contribution < -0.4 is 5.32 Å². The summed E-state index contributed by atoms with van der Waals surface area (Å²) in [5.41, 5.74) is 0. The molecule has 94 valence electrons. The lowest BCUT2D eigenvalue weighted by atomic mass is 9.77. The second kappa shape index (κ2) is 5.50. The smallest absolute Gasteiger partial charge is 0.0235 e. The van der Waals surface area contributed by atoms with Gasteiger partial charge in [0.25, 0.3) is 0 Å². The standard InChI is InChI=1S/C14H28N2/c1-4-16(13-8-9-15-10-13)14-7-5-6-11(2)12(14)3/h11-15H,4-10H2,1-3H3. The fourth-order valence-corrected chi connectivity index (χ4v) is 3.71. The fourth-order valence-electron chi connectivity index (χ4n) is 3.71. The second-order valence-electron chi connectivity index (χ2n) is 5.81. The van der Waals surface area contributed by atoms with Crippen molar-refractivity contribution in [1.29, 1.82) is 0 Å². The minimum Gasteiger partial charge on any atom is -0.315 e. The van der Waals surface area contributed by atoms with Crippen LogP contribution in [0.1, 0.15) is 46.5 Å². The summed E-state index contributed by atoms with van der Waals surface area (Å²) in [7, 11) is 0. The van der Waals surface area contributed by atoms with Gasteiger partial charge in [-0.2, -0.15) is 0 Å². The maximum atomic E-state index is 3.51. The molecule has 2 aliphatic rings. The highest BCUT2D eigenvalue weighted by Crippen LogP contribution is 2.34. The zero-order valence-corrected chi connectivity index (χ0v) is 11.2. The van der Waals surface area contributed by atoms with Crippen molar-refractivity contribution in [2.75, 3.05) is 19.6 Å². The molecule has 0 spiro atoms. The minimum atomic E-state index is 0.808. The van der Waals surface area contributed by atoms with Gasteiger partial charge in [0.05, 0.1) is 0 Å². The molecule has 0 amide bonds. The number of hydrogen-bond acceptors (Lipinski definition) is 2. The monoisotopic (exact) mass is 224 g/mol.